The molecule has 0 saturated heterocycles. The van der Waals surface area contributed by atoms with Crippen molar-refractivity contribution in [3.8, 4) is 5.75 Å². The van der Waals surface area contributed by atoms with Crippen LogP contribution in [0.1, 0.15) is 44.7 Å². The van der Waals surface area contributed by atoms with E-state index in [1.165, 1.54) is 24.8 Å². The van der Waals surface area contributed by atoms with E-state index in [2.05, 4.69) is 30.5 Å². The molecule has 0 aromatic heterocycles. The first-order chi connectivity index (χ1) is 9.63. The minimum absolute atomic E-state index is 0.0836. The summed E-state index contributed by atoms with van der Waals surface area (Å²) in [6, 6.07) is 6.93. The molecule has 108 valence electrons. The van der Waals surface area contributed by atoms with Crippen LogP contribution in [-0.2, 0) is 4.79 Å². The van der Waals surface area contributed by atoms with Crippen LogP contribution in [0.4, 0.5) is 5.69 Å². The molecule has 0 spiro atoms. The first-order valence-electron chi connectivity index (χ1n) is 7.46. The quantitative estimate of drug-likeness (QED) is 0.891. The van der Waals surface area contributed by atoms with E-state index < -0.39 is 0 Å². The summed E-state index contributed by atoms with van der Waals surface area (Å²) >= 11 is 0. The van der Waals surface area contributed by atoms with Crippen LogP contribution in [0.25, 0.3) is 0 Å². The number of fused-ring (bicyclic) bond motifs is 1. The summed E-state index contributed by atoms with van der Waals surface area (Å²) in [5, 5.41) is 6.58. The largest absolute Gasteiger partial charge is 0.482 e. The second-order valence-electron chi connectivity index (χ2n) is 6.00. The van der Waals surface area contributed by atoms with Gasteiger partial charge < -0.3 is 15.4 Å². The van der Waals surface area contributed by atoms with Crippen molar-refractivity contribution in [2.24, 2.45) is 5.92 Å². The second kappa shape index (κ2) is 5.44. The van der Waals surface area contributed by atoms with Crippen LogP contribution < -0.4 is 15.4 Å². The third kappa shape index (κ3) is 2.66. The fraction of sp³-hybridized carbons (Fsp3) is 0.562. The molecule has 1 aliphatic carbocycles. The summed E-state index contributed by atoms with van der Waals surface area (Å²) in [5.41, 5.74) is 1.97. The van der Waals surface area contributed by atoms with Crippen LogP contribution in [0.2, 0.25) is 0 Å². The van der Waals surface area contributed by atoms with Gasteiger partial charge in [0.15, 0.2) is 6.61 Å². The Hall–Kier alpha value is -1.55. The van der Waals surface area contributed by atoms with Gasteiger partial charge in [0.2, 0.25) is 0 Å². The molecule has 3 rings (SSSR count). The maximum atomic E-state index is 11.4. The molecular formula is C16H22N2O2. The summed E-state index contributed by atoms with van der Waals surface area (Å²) in [5.74, 6) is 1.42. The number of nitrogens with one attached hydrogen (secondary N) is 2. The Labute approximate surface area is 119 Å². The predicted molar refractivity (Wildman–Crippen MR) is 78.9 cm³/mol. The lowest BCUT2D eigenvalue weighted by atomic mass is 10.0. The number of hydrogen-bond donors (Lipinski definition) is 2. The molecule has 1 saturated carbocycles. The highest BCUT2D eigenvalue weighted by Gasteiger charge is 2.25. The van der Waals surface area contributed by atoms with Crippen LogP contribution in [0.3, 0.4) is 0 Å². The molecule has 1 amide bonds. The van der Waals surface area contributed by atoms with E-state index in [-0.39, 0.29) is 18.6 Å². The molecule has 2 N–H and O–H groups in total. The molecule has 20 heavy (non-hydrogen) atoms. The van der Waals surface area contributed by atoms with Gasteiger partial charge in [-0.1, -0.05) is 19.4 Å². The van der Waals surface area contributed by atoms with Crippen LogP contribution in [0.5, 0.6) is 5.75 Å². The third-order valence-corrected chi connectivity index (χ3v) is 4.46. The standard InChI is InChI=1S/C16H22N2O2/c1-10-4-3-5-13(10)17-11(2)12-6-7-15-14(8-12)18-16(19)9-20-15/h6-8,10-11,13,17H,3-5,9H2,1-2H3,(H,18,19). The zero-order valence-electron chi connectivity index (χ0n) is 12.1. The molecule has 2 aliphatic rings. The van der Waals surface area contributed by atoms with Crippen LogP contribution in [0.15, 0.2) is 18.2 Å². The van der Waals surface area contributed by atoms with E-state index in [0.717, 1.165) is 17.4 Å². The Bertz CT molecular complexity index is 515. The lowest BCUT2D eigenvalue weighted by Crippen LogP contribution is -2.33. The van der Waals surface area contributed by atoms with Crippen LogP contribution in [-0.4, -0.2) is 18.6 Å². The van der Waals surface area contributed by atoms with Gasteiger partial charge in [0, 0.05) is 12.1 Å². The van der Waals surface area contributed by atoms with Crippen LogP contribution >= 0.6 is 0 Å². The second-order valence-corrected chi connectivity index (χ2v) is 6.00. The van der Waals surface area contributed by atoms with Crippen molar-refractivity contribution >= 4 is 11.6 Å². The highest BCUT2D eigenvalue weighted by Crippen LogP contribution is 2.32. The Balaban J connectivity index is 1.73. The predicted octanol–water partition coefficient (Wildman–Crippen LogP) is 2.86. The van der Waals surface area contributed by atoms with Crippen molar-refractivity contribution in [1.29, 1.82) is 0 Å². The van der Waals surface area contributed by atoms with Gasteiger partial charge in [-0.15, -0.1) is 0 Å². The molecule has 3 unspecified atom stereocenters. The number of ether oxygens (including phenoxy) is 1. The van der Waals surface area contributed by atoms with Crippen molar-refractivity contribution in [3.63, 3.8) is 0 Å². The SMILES string of the molecule is CC(NC1CCCC1C)c1ccc2c(c1)NC(=O)CO2. The normalized spacial score (nSPS) is 26.6. The lowest BCUT2D eigenvalue weighted by molar-refractivity contribution is -0.118. The molecule has 4 nitrogen and oxygen atoms in total. The lowest BCUT2D eigenvalue weighted by Gasteiger charge is -2.25. The number of benzene rings is 1. The van der Waals surface area contributed by atoms with E-state index in [0.29, 0.717) is 6.04 Å². The van der Waals surface area contributed by atoms with Gasteiger partial charge in [-0.2, -0.15) is 0 Å². The van der Waals surface area contributed by atoms with Gasteiger partial charge in [0.05, 0.1) is 5.69 Å². The van der Waals surface area contributed by atoms with Gasteiger partial charge in [0.25, 0.3) is 5.91 Å². The maximum Gasteiger partial charge on any atom is 0.262 e. The number of anilines is 1. The highest BCUT2D eigenvalue weighted by molar-refractivity contribution is 5.95. The fourth-order valence-corrected chi connectivity index (χ4v) is 3.18. The third-order valence-electron chi connectivity index (χ3n) is 4.46. The molecular weight excluding hydrogens is 252 g/mol. The Morgan fingerprint density at radius 1 is 1.40 bits per heavy atom. The molecule has 3 atom stereocenters. The molecule has 0 bridgehead atoms. The van der Waals surface area contributed by atoms with Crippen LogP contribution in [0, 0.1) is 5.92 Å². The van der Waals surface area contributed by atoms with E-state index >= 15 is 0 Å². The van der Waals surface area contributed by atoms with Crippen molar-refractivity contribution in [3.05, 3.63) is 23.8 Å². The van der Waals surface area contributed by atoms with Gasteiger partial charge in [-0.05, 0) is 43.4 Å². The average Bonchev–Trinajstić information content (AvgIpc) is 2.83. The Morgan fingerprint density at radius 2 is 2.25 bits per heavy atom. The van der Waals surface area contributed by atoms with E-state index in [9.17, 15) is 4.79 Å². The monoisotopic (exact) mass is 274 g/mol. The maximum absolute atomic E-state index is 11.4. The fourth-order valence-electron chi connectivity index (χ4n) is 3.18. The summed E-state index contributed by atoms with van der Waals surface area (Å²) < 4.78 is 5.39. The zero-order chi connectivity index (χ0) is 14.1. The van der Waals surface area contributed by atoms with Gasteiger partial charge in [-0.25, -0.2) is 0 Å². The first kappa shape index (κ1) is 13.4. The molecule has 1 aromatic carbocycles. The van der Waals surface area contributed by atoms with Crippen molar-refractivity contribution in [2.75, 3.05) is 11.9 Å². The van der Waals surface area contributed by atoms with E-state index in [4.69, 9.17) is 4.74 Å². The summed E-state index contributed by atoms with van der Waals surface area (Å²) in [4.78, 5) is 11.4. The van der Waals surface area contributed by atoms with Crippen molar-refractivity contribution in [2.45, 2.75) is 45.2 Å². The summed E-state index contributed by atoms with van der Waals surface area (Å²) in [6.45, 7) is 4.61. The van der Waals surface area contributed by atoms with Crippen molar-refractivity contribution < 1.29 is 9.53 Å². The molecule has 1 aliphatic heterocycles. The number of rotatable bonds is 3. The highest BCUT2D eigenvalue weighted by atomic mass is 16.5. The molecule has 1 aromatic rings. The first-order valence-corrected chi connectivity index (χ1v) is 7.46. The van der Waals surface area contributed by atoms with Gasteiger partial charge in [0.1, 0.15) is 5.75 Å². The van der Waals surface area contributed by atoms with E-state index in [1.807, 2.05) is 12.1 Å². The van der Waals surface area contributed by atoms with Crippen molar-refractivity contribution in [1.82, 2.24) is 5.32 Å². The number of amides is 1. The smallest absolute Gasteiger partial charge is 0.262 e. The van der Waals surface area contributed by atoms with Gasteiger partial charge >= 0.3 is 0 Å². The number of hydrogen-bond acceptors (Lipinski definition) is 3. The zero-order valence-corrected chi connectivity index (χ0v) is 12.1. The Morgan fingerprint density at radius 3 is 3.00 bits per heavy atom. The summed E-state index contributed by atoms with van der Waals surface area (Å²) in [7, 11) is 0. The molecule has 1 fully saturated rings. The van der Waals surface area contributed by atoms with E-state index in [1.54, 1.807) is 0 Å². The minimum Gasteiger partial charge on any atom is -0.482 e. The topological polar surface area (TPSA) is 50.4 Å². The molecule has 4 heteroatoms. The number of carbonyl (C=O) groups is 1. The molecule has 1 heterocycles. The Kier molecular flexibility index (Phi) is 3.66. The molecule has 0 radical (unpaired) electrons. The average molecular weight is 274 g/mol. The van der Waals surface area contributed by atoms with Gasteiger partial charge in [-0.3, -0.25) is 4.79 Å². The minimum atomic E-state index is -0.0836. The number of carbonyl (C=O) groups excluding carboxylic acids is 1. The summed E-state index contributed by atoms with van der Waals surface area (Å²) in [6.07, 6.45) is 3.90.